The zero-order valence-electron chi connectivity index (χ0n) is 36.1. The molecule has 9 atom stereocenters. The van der Waals surface area contributed by atoms with Crippen LogP contribution in [-0.4, -0.2) is 96.8 Å². The van der Waals surface area contributed by atoms with Crippen LogP contribution in [0.3, 0.4) is 0 Å². The average Bonchev–Trinajstić information content (AvgIpc) is 3.19. The predicted octanol–water partition coefficient (Wildman–Crippen LogP) is 8.32. The van der Waals surface area contributed by atoms with Crippen molar-refractivity contribution in [3.63, 3.8) is 0 Å². The highest BCUT2D eigenvalue weighted by Crippen LogP contribution is 2.47. The predicted molar refractivity (Wildman–Crippen MR) is 227 cm³/mol. The second kappa shape index (κ2) is 35.0. The van der Waals surface area contributed by atoms with Gasteiger partial charge in [-0.25, -0.2) is 4.57 Å². The molecule has 1 aliphatic rings. The van der Waals surface area contributed by atoms with Gasteiger partial charge in [0, 0.05) is 0 Å². The van der Waals surface area contributed by atoms with Crippen LogP contribution < -0.4 is 5.11 Å². The van der Waals surface area contributed by atoms with Crippen molar-refractivity contribution < 1.29 is 54.3 Å². The van der Waals surface area contributed by atoms with Crippen molar-refractivity contribution in [1.29, 1.82) is 0 Å². The van der Waals surface area contributed by atoms with Crippen LogP contribution in [0.2, 0.25) is 0 Å². The second-order valence-corrected chi connectivity index (χ2v) is 18.3. The number of unbranched alkanes of at least 4 members (excludes halogenated alkanes) is 28. The number of hydrogen-bond donors (Lipinski definition) is 7. The third kappa shape index (κ3) is 27.0. The highest BCUT2D eigenvalue weighted by molar-refractivity contribution is 7.47. The molecule has 0 heterocycles. The quantitative estimate of drug-likeness (QED) is 0.0135. The summed E-state index contributed by atoms with van der Waals surface area (Å²) in [6.45, 7) is 3.84. The Morgan fingerprint density at radius 3 is 1.23 bits per heavy atom. The smallest absolute Gasteiger partial charge is 0.472 e. The van der Waals surface area contributed by atoms with Gasteiger partial charge < -0.3 is 40.6 Å². The average molecular weight is 837 g/mol. The van der Waals surface area contributed by atoms with Gasteiger partial charge in [0.15, 0.2) is 0 Å². The van der Waals surface area contributed by atoms with Crippen molar-refractivity contribution in [3.05, 3.63) is 0 Å². The Kier molecular flexibility index (Phi) is 33.4. The molecule has 57 heavy (non-hydrogen) atoms. The second-order valence-electron chi connectivity index (χ2n) is 16.9. The Bertz CT molecular complexity index is 991. The molecule has 0 aliphatic heterocycles. The first-order valence-corrected chi connectivity index (χ1v) is 24.9. The summed E-state index contributed by atoms with van der Waals surface area (Å²) < 4.78 is 22.9. The van der Waals surface area contributed by atoms with Crippen LogP contribution in [0.25, 0.3) is 0 Å². The number of aliphatic imine (C=N–C) groups is 1. The van der Waals surface area contributed by atoms with Gasteiger partial charge in [0.2, 0.25) is 0 Å². The van der Waals surface area contributed by atoms with E-state index < -0.39 is 69.1 Å². The first-order chi connectivity index (χ1) is 27.4. The standard InChI is InChI=1S/C44H88NO11P/c1-3-5-7-9-11-13-15-17-18-19-20-22-24-26-28-30-32-34-38(47)45-36(37(46)33-31-29-27-25-23-21-16-14-12-10-8-6-4-2)35-55-57(53,54)56-44-42(51)40(49)39(48)41(50)43(44)52/h36-37,39-44,46,48-52H,3-35H2,1-2H3,(H,45,47)(H,53,54)/p-1/t36-,37+,39?,40-,41+,42+,43+,44?/m0/s1. The van der Waals surface area contributed by atoms with Crippen LogP contribution in [0.5, 0.6) is 0 Å². The summed E-state index contributed by atoms with van der Waals surface area (Å²) in [5, 5.41) is 74.2. The molecule has 0 aromatic heterocycles. The first kappa shape index (κ1) is 54.4. The van der Waals surface area contributed by atoms with Crippen molar-refractivity contribution >= 4 is 13.7 Å². The van der Waals surface area contributed by atoms with Crippen molar-refractivity contribution in [1.82, 2.24) is 0 Å². The number of hydrogen-bond acceptors (Lipinski definition) is 11. The summed E-state index contributed by atoms with van der Waals surface area (Å²) in [7, 11) is -5.07. The largest absolute Gasteiger partial charge is 0.862 e. The summed E-state index contributed by atoms with van der Waals surface area (Å²) in [5.41, 5.74) is 0. The molecule has 0 bridgehead atoms. The fourth-order valence-corrected chi connectivity index (χ4v) is 8.68. The summed E-state index contributed by atoms with van der Waals surface area (Å²) in [6.07, 6.45) is 23.8. The Hall–Kier alpha value is -0.660. The van der Waals surface area contributed by atoms with Crippen LogP contribution in [-0.2, 0) is 13.6 Å². The van der Waals surface area contributed by atoms with E-state index in [1.54, 1.807) is 0 Å². The number of phosphoric acid groups is 1. The maximum absolute atomic E-state index is 12.9. The summed E-state index contributed by atoms with van der Waals surface area (Å²) in [4.78, 5) is 14.6. The minimum atomic E-state index is -5.07. The molecule has 0 spiro atoms. The molecule has 13 heteroatoms. The number of phosphoric ester groups is 1. The van der Waals surface area contributed by atoms with E-state index in [2.05, 4.69) is 18.8 Å². The van der Waals surface area contributed by atoms with Crippen molar-refractivity contribution in [2.45, 2.75) is 268 Å². The molecular weight excluding hydrogens is 749 g/mol. The topological polar surface area (TPSA) is 213 Å². The SMILES string of the molecule is CCCCCCCCCCCCCCCCCCCC([O-])=N[C@@H](COP(=O)(O)OC1[C@H](O)[C@H](O)C(O)[C@H](O)[C@H]1O)[C@H](O)CCCCCCCCCCCCCCC. The lowest BCUT2D eigenvalue weighted by atomic mass is 9.85. The summed E-state index contributed by atoms with van der Waals surface area (Å²) in [5.74, 6) is -0.430. The van der Waals surface area contributed by atoms with Crippen molar-refractivity contribution in [3.8, 4) is 0 Å². The zero-order valence-corrected chi connectivity index (χ0v) is 37.0. The molecule has 3 unspecified atom stereocenters. The monoisotopic (exact) mass is 837 g/mol. The van der Waals surface area contributed by atoms with Gasteiger partial charge in [-0.2, -0.15) is 0 Å². The maximum Gasteiger partial charge on any atom is 0.472 e. The van der Waals surface area contributed by atoms with E-state index in [1.165, 1.54) is 141 Å². The number of rotatable bonds is 39. The zero-order chi connectivity index (χ0) is 42.2. The molecule has 7 N–H and O–H groups in total. The Morgan fingerprint density at radius 1 is 0.544 bits per heavy atom. The van der Waals surface area contributed by atoms with Crippen molar-refractivity contribution in [2.24, 2.45) is 4.99 Å². The van der Waals surface area contributed by atoms with Gasteiger partial charge in [0.05, 0.1) is 18.8 Å². The van der Waals surface area contributed by atoms with E-state index in [4.69, 9.17) is 9.05 Å². The lowest BCUT2D eigenvalue weighted by molar-refractivity contribution is -0.220. The third-order valence-electron chi connectivity index (χ3n) is 11.6. The van der Waals surface area contributed by atoms with Crippen molar-refractivity contribution in [2.75, 3.05) is 6.61 Å². The molecule has 0 saturated heterocycles. The molecule has 0 amide bonds. The third-order valence-corrected chi connectivity index (χ3v) is 12.6. The van der Waals surface area contributed by atoms with Crippen LogP contribution in [0.1, 0.15) is 219 Å². The summed E-state index contributed by atoms with van der Waals surface area (Å²) in [6, 6.07) is -1.15. The van der Waals surface area contributed by atoms with E-state index in [0.29, 0.717) is 19.3 Å². The molecular formula is C44H87NO11P-. The van der Waals surface area contributed by atoms with Gasteiger partial charge in [-0.1, -0.05) is 200 Å². The highest BCUT2D eigenvalue weighted by Gasteiger charge is 2.51. The molecule has 1 saturated carbocycles. The molecule has 0 aromatic carbocycles. The molecule has 1 rings (SSSR count). The van der Waals surface area contributed by atoms with E-state index >= 15 is 0 Å². The lowest BCUT2D eigenvalue weighted by Gasteiger charge is -2.41. The summed E-state index contributed by atoms with van der Waals surface area (Å²) >= 11 is 0. The Balaban J connectivity index is 2.49. The van der Waals surface area contributed by atoms with Gasteiger partial charge >= 0.3 is 7.82 Å². The molecule has 12 nitrogen and oxygen atoms in total. The highest BCUT2D eigenvalue weighted by atomic mass is 31.2. The lowest BCUT2D eigenvalue weighted by Crippen LogP contribution is -2.64. The Morgan fingerprint density at radius 2 is 0.860 bits per heavy atom. The number of aliphatic hydroxyl groups is 6. The first-order valence-electron chi connectivity index (χ1n) is 23.4. The molecule has 1 fully saturated rings. The normalized spacial score (nSPS) is 23.8. The fraction of sp³-hybridized carbons (Fsp3) is 0.977. The molecule has 0 aromatic rings. The molecule has 1 aliphatic carbocycles. The van der Waals surface area contributed by atoms with E-state index in [-0.39, 0.29) is 6.42 Å². The fourth-order valence-electron chi connectivity index (χ4n) is 7.72. The van der Waals surface area contributed by atoms with Gasteiger partial charge in [0.1, 0.15) is 36.6 Å². The van der Waals surface area contributed by atoms with E-state index in [1.807, 2.05) is 0 Å². The van der Waals surface area contributed by atoms with Gasteiger partial charge in [-0.3, -0.25) is 14.0 Å². The Labute approximate surface area is 346 Å². The van der Waals surface area contributed by atoms with Crippen LogP contribution >= 0.6 is 7.82 Å². The van der Waals surface area contributed by atoms with Gasteiger partial charge in [-0.05, 0) is 25.2 Å². The van der Waals surface area contributed by atoms with E-state index in [0.717, 1.165) is 38.5 Å². The number of nitrogens with zero attached hydrogens (tertiary/aromatic N) is 1. The molecule has 0 radical (unpaired) electrons. The van der Waals surface area contributed by atoms with Crippen LogP contribution in [0.4, 0.5) is 0 Å². The van der Waals surface area contributed by atoms with Crippen LogP contribution in [0, 0.1) is 0 Å². The van der Waals surface area contributed by atoms with E-state index in [9.17, 15) is 45.2 Å². The molecule has 340 valence electrons. The minimum absolute atomic E-state index is 0.187. The van der Waals surface area contributed by atoms with Gasteiger partial charge in [-0.15, -0.1) is 0 Å². The number of aliphatic hydroxyl groups excluding tert-OH is 6. The minimum Gasteiger partial charge on any atom is -0.862 e. The van der Waals surface area contributed by atoms with Crippen LogP contribution in [0.15, 0.2) is 4.99 Å². The maximum atomic E-state index is 12.9. The van der Waals surface area contributed by atoms with Gasteiger partial charge in [0.25, 0.3) is 0 Å².